The zero-order chi connectivity index (χ0) is 27.8. The Balaban J connectivity index is 1.29. The van der Waals surface area contributed by atoms with Crippen LogP contribution in [0.3, 0.4) is 0 Å². The molecule has 0 amide bonds. The van der Waals surface area contributed by atoms with E-state index < -0.39 is 21.2 Å². The van der Waals surface area contributed by atoms with E-state index >= 15 is 0 Å². The van der Waals surface area contributed by atoms with Crippen LogP contribution in [0.4, 0.5) is 0 Å². The van der Waals surface area contributed by atoms with Crippen molar-refractivity contribution in [3.8, 4) is 0 Å². The number of sulfonamides is 1. The van der Waals surface area contributed by atoms with Crippen molar-refractivity contribution in [2.45, 2.75) is 40.4 Å². The number of rotatable bonds is 8. The molecule has 5 nitrogen and oxygen atoms in total. The molecule has 0 saturated carbocycles. The highest BCUT2D eigenvalue weighted by atomic mass is 35.5. The van der Waals surface area contributed by atoms with Crippen LogP contribution in [0.25, 0.3) is 0 Å². The molecule has 5 rings (SSSR count). The molecule has 1 fully saturated rings. The van der Waals surface area contributed by atoms with E-state index in [-0.39, 0.29) is 22.8 Å². The molecular formula is C29H31Cl3N2O3S2. The molecule has 0 aromatic heterocycles. The largest absolute Gasteiger partial charge is 0.611 e. The first-order chi connectivity index (χ1) is 18.6. The Morgan fingerprint density at radius 3 is 2.46 bits per heavy atom. The summed E-state index contributed by atoms with van der Waals surface area (Å²) < 4.78 is 40.8. The van der Waals surface area contributed by atoms with Crippen LogP contribution in [0.2, 0.25) is 15.1 Å². The number of fused-ring (bicyclic) bond motifs is 2. The fourth-order valence-electron chi connectivity index (χ4n) is 5.81. The van der Waals surface area contributed by atoms with Gasteiger partial charge in [-0.1, -0.05) is 65.1 Å². The first kappa shape index (κ1) is 29.2. The molecule has 1 spiro atoms. The van der Waals surface area contributed by atoms with Gasteiger partial charge < -0.3 is 9.45 Å². The molecule has 0 radical (unpaired) electrons. The Hall–Kier alpha value is -1.29. The molecule has 3 aromatic carbocycles. The van der Waals surface area contributed by atoms with Crippen LogP contribution in [0.1, 0.15) is 36.3 Å². The monoisotopic (exact) mass is 624 g/mol. The lowest BCUT2D eigenvalue weighted by Crippen LogP contribution is -2.44. The highest BCUT2D eigenvalue weighted by Crippen LogP contribution is 2.46. The van der Waals surface area contributed by atoms with Gasteiger partial charge in [-0.2, -0.15) is 0 Å². The zero-order valence-corrected chi connectivity index (χ0v) is 25.6. The number of likely N-dealkylation sites (N-methyl/N-ethyl adjacent to an activating group) is 1. The van der Waals surface area contributed by atoms with Crippen molar-refractivity contribution in [2.24, 2.45) is 0 Å². The second-order valence-corrected chi connectivity index (χ2v) is 15.2. The average molecular weight is 626 g/mol. The third kappa shape index (κ3) is 6.16. The van der Waals surface area contributed by atoms with Gasteiger partial charge >= 0.3 is 0 Å². The number of likely N-dealkylation sites (tertiary alicyclic amines) is 1. The molecule has 0 aliphatic carbocycles. The average Bonchev–Trinajstić information content (AvgIpc) is 3.20. The predicted molar refractivity (Wildman–Crippen MR) is 160 cm³/mol. The molecule has 208 valence electrons. The summed E-state index contributed by atoms with van der Waals surface area (Å²) in [6, 6.07) is 20.0. The molecule has 0 bridgehead atoms. The summed E-state index contributed by atoms with van der Waals surface area (Å²) in [6.45, 7) is 2.93. The van der Waals surface area contributed by atoms with Gasteiger partial charge in [-0.15, -0.1) is 0 Å². The third-order valence-electron chi connectivity index (χ3n) is 8.11. The lowest BCUT2D eigenvalue weighted by Gasteiger charge is -2.38. The second-order valence-electron chi connectivity index (χ2n) is 10.5. The van der Waals surface area contributed by atoms with E-state index in [9.17, 15) is 13.0 Å². The van der Waals surface area contributed by atoms with Crippen molar-refractivity contribution in [2.75, 3.05) is 39.0 Å². The van der Waals surface area contributed by atoms with Crippen molar-refractivity contribution >= 4 is 56.0 Å². The number of piperidine rings is 1. The van der Waals surface area contributed by atoms with Crippen LogP contribution < -0.4 is 0 Å². The number of hydrogen-bond donors (Lipinski definition) is 0. The van der Waals surface area contributed by atoms with Crippen LogP contribution in [-0.2, 0) is 26.6 Å². The van der Waals surface area contributed by atoms with Gasteiger partial charge in [-0.25, -0.2) is 12.7 Å². The fraction of sp³-hybridized carbons (Fsp3) is 0.379. The number of nitrogens with zero attached hydrogens (tertiary/aromatic N) is 2. The smallest absolute Gasteiger partial charge is 0.242 e. The summed E-state index contributed by atoms with van der Waals surface area (Å²) in [5, 5.41) is 1.30. The molecule has 1 saturated heterocycles. The van der Waals surface area contributed by atoms with E-state index in [0.29, 0.717) is 20.8 Å². The molecule has 2 aliphatic heterocycles. The van der Waals surface area contributed by atoms with Crippen LogP contribution in [-0.4, -0.2) is 61.2 Å². The number of benzene rings is 3. The Bertz CT molecular complexity index is 1450. The van der Waals surface area contributed by atoms with Crippen molar-refractivity contribution in [1.29, 1.82) is 0 Å². The first-order valence-electron chi connectivity index (χ1n) is 13.0. The Kier molecular flexibility index (Phi) is 8.92. The van der Waals surface area contributed by atoms with Crippen molar-refractivity contribution in [3.05, 3.63) is 92.9 Å². The Labute approximate surface area is 249 Å². The maximum absolute atomic E-state index is 13.3. The quantitative estimate of drug-likeness (QED) is 0.265. The number of halogens is 3. The van der Waals surface area contributed by atoms with Crippen LogP contribution in [0, 0.1) is 0 Å². The molecule has 10 heteroatoms. The van der Waals surface area contributed by atoms with E-state index in [1.807, 2.05) is 30.3 Å². The van der Waals surface area contributed by atoms with Gasteiger partial charge in [0.2, 0.25) is 10.0 Å². The second kappa shape index (κ2) is 11.9. The molecule has 39 heavy (non-hydrogen) atoms. The minimum atomic E-state index is -3.73. The molecule has 0 N–H and O–H groups in total. The first-order valence-corrected chi connectivity index (χ1v) is 16.9. The van der Waals surface area contributed by atoms with Gasteiger partial charge in [0.05, 0.1) is 14.9 Å². The maximum atomic E-state index is 13.3. The molecule has 1 unspecified atom stereocenters. The van der Waals surface area contributed by atoms with Gasteiger partial charge in [-0.05, 0) is 98.0 Å². The lowest BCUT2D eigenvalue weighted by molar-refractivity contribution is 0.165. The minimum Gasteiger partial charge on any atom is -0.611 e. The van der Waals surface area contributed by atoms with E-state index in [4.69, 9.17) is 34.8 Å². The van der Waals surface area contributed by atoms with Crippen LogP contribution >= 0.6 is 34.8 Å². The molecular weight excluding hydrogens is 595 g/mol. The summed E-state index contributed by atoms with van der Waals surface area (Å²) in [5.41, 5.74) is 2.20. The van der Waals surface area contributed by atoms with Gasteiger partial charge in [0.1, 0.15) is 5.75 Å². The summed E-state index contributed by atoms with van der Waals surface area (Å²) in [6.07, 6.45) is 2.69. The lowest BCUT2D eigenvalue weighted by atomic mass is 9.74. The minimum absolute atomic E-state index is 0.00763. The van der Waals surface area contributed by atoms with Crippen molar-refractivity contribution in [3.63, 3.8) is 0 Å². The topological polar surface area (TPSA) is 63.7 Å². The van der Waals surface area contributed by atoms with E-state index in [1.165, 1.54) is 15.9 Å². The SMILES string of the molecule is CN(C[C@@H](CCN1CCC2(CC1)C[S+]([O-])c1ccccc12)c1ccc(Cl)c(Cl)c1)S(=O)(=O)c1cccc(Cl)c1. The van der Waals surface area contributed by atoms with E-state index in [1.54, 1.807) is 31.3 Å². The van der Waals surface area contributed by atoms with Crippen LogP contribution in [0.5, 0.6) is 0 Å². The summed E-state index contributed by atoms with van der Waals surface area (Å²) >= 11 is 17.7. The number of hydrogen-bond acceptors (Lipinski definition) is 4. The molecule has 2 heterocycles. The summed E-state index contributed by atoms with van der Waals surface area (Å²) in [7, 11) is -2.13. The standard InChI is InChI=1S/C29H31Cl3N2O3S2/c1-33(39(36,37)24-6-4-5-23(30)18-24)19-22(21-9-10-26(31)27(32)17-21)11-14-34-15-12-29(13-16-34)20-38(35)28-8-3-2-7-25(28)29/h2-10,17-18,22H,11-16,19-20H2,1H3/t22-,38?/m1/s1. The Morgan fingerprint density at radius 2 is 1.74 bits per heavy atom. The van der Waals surface area contributed by atoms with Gasteiger partial charge in [0, 0.05) is 29.6 Å². The van der Waals surface area contributed by atoms with E-state index in [0.717, 1.165) is 49.4 Å². The van der Waals surface area contributed by atoms with Gasteiger partial charge in [0.25, 0.3) is 0 Å². The molecule has 3 aromatic rings. The zero-order valence-electron chi connectivity index (χ0n) is 21.7. The molecule has 2 atom stereocenters. The van der Waals surface area contributed by atoms with E-state index in [2.05, 4.69) is 11.0 Å². The van der Waals surface area contributed by atoms with Gasteiger partial charge in [-0.3, -0.25) is 0 Å². The fourth-order valence-corrected chi connectivity index (χ4v) is 9.50. The summed E-state index contributed by atoms with van der Waals surface area (Å²) in [5.74, 6) is 0.618. The third-order valence-corrected chi connectivity index (χ3v) is 12.6. The van der Waals surface area contributed by atoms with Crippen LogP contribution in [0.15, 0.2) is 76.5 Å². The predicted octanol–water partition coefficient (Wildman–Crippen LogP) is 6.60. The highest BCUT2D eigenvalue weighted by molar-refractivity contribution is 7.91. The maximum Gasteiger partial charge on any atom is 0.242 e. The normalized spacial score (nSPS) is 19.9. The van der Waals surface area contributed by atoms with Crippen molar-refractivity contribution < 1.29 is 13.0 Å². The highest BCUT2D eigenvalue weighted by Gasteiger charge is 2.48. The molecule has 2 aliphatic rings. The van der Waals surface area contributed by atoms with Crippen molar-refractivity contribution in [1.82, 2.24) is 9.21 Å². The summed E-state index contributed by atoms with van der Waals surface area (Å²) in [4.78, 5) is 3.60. The van der Waals surface area contributed by atoms with Gasteiger partial charge in [0.15, 0.2) is 4.90 Å². The Morgan fingerprint density at radius 1 is 1.00 bits per heavy atom.